The molecule has 0 radical (unpaired) electrons. The third-order valence-corrected chi connectivity index (χ3v) is 7.17. The minimum absolute atomic E-state index is 0. The zero-order chi connectivity index (χ0) is 32.2. The molecule has 0 aliphatic carbocycles. The molecule has 1 heterocycles. The van der Waals surface area contributed by atoms with Gasteiger partial charge in [-0.05, 0) is 37.1 Å². The van der Waals surface area contributed by atoms with Crippen LogP contribution in [-0.2, 0) is 24.1 Å². The van der Waals surface area contributed by atoms with Gasteiger partial charge in [-0.3, -0.25) is 13.9 Å². The molecule has 1 N–H and O–H groups in total. The van der Waals surface area contributed by atoms with Gasteiger partial charge >= 0.3 is 41.4 Å². The van der Waals surface area contributed by atoms with E-state index in [-0.39, 0.29) is 58.7 Å². The van der Waals surface area contributed by atoms with E-state index in [4.69, 9.17) is 4.74 Å². The van der Waals surface area contributed by atoms with Crippen LogP contribution in [0.25, 0.3) is 11.1 Å². The van der Waals surface area contributed by atoms with Gasteiger partial charge in [-0.1, -0.05) is 48.5 Å². The number of rotatable bonds is 11. The standard InChI is InChI=1S/C31H28F5N3O5.Na/c1-18-27(20-10-6-13-25(44-2)28(20)33)29(42)39(17-24(37-15-14-26(40)41)19-8-4-3-5-9-19)30(43)38(18)16-21-22(31(34,35)36)11-7-12-23(21)32;/h3-13,24,37H,14-17H2,1-2H3,(H,40,41);/q;+1/p-1/t24-;/m0./s1. The monoisotopic (exact) mass is 639 g/mol. The van der Waals surface area contributed by atoms with Crippen molar-refractivity contribution >= 4 is 5.97 Å². The molecule has 3 aromatic carbocycles. The quantitative estimate of drug-likeness (QED) is 0.193. The number of hydrogen-bond donors (Lipinski definition) is 1. The minimum Gasteiger partial charge on any atom is -0.550 e. The van der Waals surface area contributed by atoms with Gasteiger partial charge in [0.2, 0.25) is 0 Å². The number of halogens is 5. The number of alkyl halides is 3. The first-order valence-electron chi connectivity index (χ1n) is 13.3. The van der Waals surface area contributed by atoms with Gasteiger partial charge in [-0.2, -0.15) is 13.2 Å². The summed E-state index contributed by atoms with van der Waals surface area (Å²) in [5.41, 5.74) is -4.53. The van der Waals surface area contributed by atoms with Crippen LogP contribution in [0.2, 0.25) is 0 Å². The second-order valence-electron chi connectivity index (χ2n) is 9.87. The number of carboxylic acid groups (broad SMARTS) is 1. The normalized spacial score (nSPS) is 12.0. The Morgan fingerprint density at radius 3 is 2.27 bits per heavy atom. The number of benzene rings is 3. The van der Waals surface area contributed by atoms with Crippen molar-refractivity contribution < 1.29 is 66.1 Å². The molecule has 0 fully saturated rings. The van der Waals surface area contributed by atoms with E-state index in [2.05, 4.69) is 5.32 Å². The Morgan fingerprint density at radius 1 is 0.978 bits per heavy atom. The van der Waals surface area contributed by atoms with Gasteiger partial charge in [-0.25, -0.2) is 13.6 Å². The van der Waals surface area contributed by atoms with Crippen molar-refractivity contribution in [1.82, 2.24) is 14.5 Å². The first-order valence-corrected chi connectivity index (χ1v) is 13.3. The summed E-state index contributed by atoms with van der Waals surface area (Å²) < 4.78 is 78.5. The van der Waals surface area contributed by atoms with Crippen LogP contribution in [0.4, 0.5) is 22.0 Å². The maximum Gasteiger partial charge on any atom is 1.00 e. The van der Waals surface area contributed by atoms with E-state index < -0.39 is 71.7 Å². The molecular formula is C31H27F5N3NaO5. The van der Waals surface area contributed by atoms with Gasteiger partial charge in [0.05, 0.1) is 37.4 Å². The Bertz CT molecular complexity index is 1790. The molecule has 0 aliphatic rings. The molecule has 0 spiro atoms. The van der Waals surface area contributed by atoms with Crippen molar-refractivity contribution in [1.29, 1.82) is 0 Å². The summed E-state index contributed by atoms with van der Waals surface area (Å²) in [4.78, 5) is 38.9. The molecule has 0 saturated carbocycles. The van der Waals surface area contributed by atoms with Crippen LogP contribution in [-0.4, -0.2) is 28.8 Å². The Morgan fingerprint density at radius 2 is 1.64 bits per heavy atom. The number of hydrogen-bond acceptors (Lipinski definition) is 6. The van der Waals surface area contributed by atoms with Crippen LogP contribution in [0.3, 0.4) is 0 Å². The minimum atomic E-state index is -4.97. The maximum absolute atomic E-state index is 15.5. The molecular weight excluding hydrogens is 612 g/mol. The number of aliphatic carboxylic acids is 1. The van der Waals surface area contributed by atoms with Crippen LogP contribution in [0.1, 0.15) is 34.8 Å². The fourth-order valence-electron chi connectivity index (χ4n) is 4.97. The SMILES string of the molecule is COc1cccc(-c2c(C)n(Cc3c(F)cccc3C(F)(F)F)c(=O)n(C[C@H](NCCC(=O)[O-])c3ccccc3)c2=O)c1F.[Na+]. The van der Waals surface area contributed by atoms with Crippen LogP contribution in [0.5, 0.6) is 5.75 Å². The van der Waals surface area contributed by atoms with Gasteiger partial charge in [0, 0.05) is 29.3 Å². The fourth-order valence-corrected chi connectivity index (χ4v) is 4.97. The number of aromatic nitrogens is 2. The molecule has 0 unspecified atom stereocenters. The molecule has 1 aromatic heterocycles. The molecule has 232 valence electrons. The van der Waals surface area contributed by atoms with E-state index in [1.54, 1.807) is 30.3 Å². The number of nitrogens with one attached hydrogen (secondary N) is 1. The Balaban J connectivity index is 0.00000552. The van der Waals surface area contributed by atoms with E-state index >= 15 is 4.39 Å². The number of methoxy groups -OCH3 is 1. The van der Waals surface area contributed by atoms with Crippen LogP contribution in [0.15, 0.2) is 76.3 Å². The van der Waals surface area contributed by atoms with E-state index in [9.17, 15) is 37.1 Å². The van der Waals surface area contributed by atoms with E-state index in [1.165, 1.54) is 32.2 Å². The molecule has 45 heavy (non-hydrogen) atoms. The fraction of sp³-hybridized carbons (Fsp3) is 0.258. The average Bonchev–Trinajstić information content (AvgIpc) is 2.97. The number of ether oxygens (including phenoxy) is 1. The summed E-state index contributed by atoms with van der Waals surface area (Å²) in [6, 6.07) is 13.8. The second-order valence-corrected chi connectivity index (χ2v) is 9.87. The summed E-state index contributed by atoms with van der Waals surface area (Å²) in [5, 5.41) is 14.0. The Kier molecular flexibility index (Phi) is 11.9. The molecule has 4 rings (SSSR count). The number of nitrogens with zero attached hydrogens (tertiary/aromatic N) is 2. The van der Waals surface area contributed by atoms with Gasteiger partial charge in [0.1, 0.15) is 5.82 Å². The van der Waals surface area contributed by atoms with Crippen molar-refractivity contribution in [3.8, 4) is 16.9 Å². The molecule has 0 aliphatic heterocycles. The van der Waals surface area contributed by atoms with E-state index in [1.807, 2.05) is 0 Å². The van der Waals surface area contributed by atoms with Crippen molar-refractivity contribution in [3.05, 3.63) is 122 Å². The Labute approximate surface area is 276 Å². The second kappa shape index (κ2) is 15.0. The molecule has 0 saturated heterocycles. The van der Waals surface area contributed by atoms with Gasteiger partial charge < -0.3 is 20.0 Å². The van der Waals surface area contributed by atoms with Crippen molar-refractivity contribution in [2.45, 2.75) is 38.7 Å². The summed E-state index contributed by atoms with van der Waals surface area (Å²) in [6.07, 6.45) is -5.36. The van der Waals surface area contributed by atoms with Crippen molar-refractivity contribution in [2.24, 2.45) is 0 Å². The van der Waals surface area contributed by atoms with Crippen LogP contribution < -0.4 is 56.0 Å². The molecule has 0 bridgehead atoms. The average molecular weight is 640 g/mol. The topological polar surface area (TPSA) is 105 Å². The zero-order valence-corrected chi connectivity index (χ0v) is 26.6. The number of carbonyl (C=O) groups excluding carboxylic acids is 1. The Hall–Kier alpha value is -3.78. The summed E-state index contributed by atoms with van der Waals surface area (Å²) in [6.45, 7) is -0.226. The summed E-state index contributed by atoms with van der Waals surface area (Å²) in [7, 11) is 1.20. The van der Waals surface area contributed by atoms with E-state index in [0.29, 0.717) is 16.2 Å². The van der Waals surface area contributed by atoms with Crippen LogP contribution >= 0.6 is 0 Å². The smallest absolute Gasteiger partial charge is 0.550 e. The summed E-state index contributed by atoms with van der Waals surface area (Å²) >= 11 is 0. The molecule has 1 atom stereocenters. The molecule has 14 heteroatoms. The predicted molar refractivity (Wildman–Crippen MR) is 149 cm³/mol. The van der Waals surface area contributed by atoms with Crippen LogP contribution in [0, 0.1) is 18.6 Å². The largest absolute Gasteiger partial charge is 1.00 e. The third kappa shape index (κ3) is 7.90. The zero-order valence-electron chi connectivity index (χ0n) is 24.6. The predicted octanol–water partition coefficient (Wildman–Crippen LogP) is 0.814. The van der Waals surface area contributed by atoms with Crippen molar-refractivity contribution in [2.75, 3.05) is 13.7 Å². The summed E-state index contributed by atoms with van der Waals surface area (Å²) in [5.74, 6) is -3.77. The molecule has 8 nitrogen and oxygen atoms in total. The first-order chi connectivity index (χ1) is 20.8. The first kappa shape index (κ1) is 35.7. The van der Waals surface area contributed by atoms with Gasteiger partial charge in [-0.15, -0.1) is 0 Å². The molecule has 0 amide bonds. The maximum atomic E-state index is 15.5. The molecule has 4 aromatic rings. The number of carbonyl (C=O) groups is 1. The third-order valence-electron chi connectivity index (χ3n) is 7.17. The number of carboxylic acids is 1. The van der Waals surface area contributed by atoms with Gasteiger partial charge in [0.15, 0.2) is 11.6 Å². The van der Waals surface area contributed by atoms with Crippen molar-refractivity contribution in [3.63, 3.8) is 0 Å². The van der Waals surface area contributed by atoms with E-state index in [0.717, 1.165) is 16.7 Å². The van der Waals surface area contributed by atoms with Gasteiger partial charge in [0.25, 0.3) is 5.56 Å².